The fraction of sp³-hybridized carbons (Fsp3) is 0.688. The van der Waals surface area contributed by atoms with Gasteiger partial charge in [0.05, 0.1) is 31.2 Å². The zero-order chi connectivity index (χ0) is 16.5. The van der Waals surface area contributed by atoms with E-state index in [1.807, 2.05) is 19.9 Å². The normalized spacial score (nSPS) is 14.9. The second-order valence-electron chi connectivity index (χ2n) is 7.53. The van der Waals surface area contributed by atoms with Crippen molar-refractivity contribution in [3.05, 3.63) is 24.2 Å². The minimum absolute atomic E-state index is 0.0567. The first-order valence-electron chi connectivity index (χ1n) is 7.22. The quantitative estimate of drug-likeness (QED) is 0.591. The summed E-state index contributed by atoms with van der Waals surface area (Å²) in [6.45, 7) is 14.6. The van der Waals surface area contributed by atoms with Gasteiger partial charge in [0.2, 0.25) is 0 Å². The minimum Gasteiger partial charge on any atom is -0.472 e. The number of rotatable bonds is 5. The van der Waals surface area contributed by atoms with Gasteiger partial charge in [0.25, 0.3) is 0 Å². The van der Waals surface area contributed by atoms with Crippen LogP contribution in [0.25, 0.3) is 0 Å². The predicted octanol–water partition coefficient (Wildman–Crippen LogP) is 4.54. The Labute approximate surface area is 128 Å². The number of hydrogen-bond donors (Lipinski definition) is 0. The van der Waals surface area contributed by atoms with Crippen molar-refractivity contribution in [3.8, 4) is 0 Å². The van der Waals surface area contributed by atoms with E-state index in [-0.39, 0.29) is 17.1 Å². The summed E-state index contributed by atoms with van der Waals surface area (Å²) in [6, 6.07) is 1.85. The van der Waals surface area contributed by atoms with Gasteiger partial charge in [-0.15, -0.1) is 0 Å². The molecule has 0 saturated carbocycles. The van der Waals surface area contributed by atoms with E-state index in [0.717, 1.165) is 5.56 Å². The first-order chi connectivity index (χ1) is 9.43. The molecule has 0 fully saturated rings. The van der Waals surface area contributed by atoms with Gasteiger partial charge in [-0.2, -0.15) is 0 Å². The van der Waals surface area contributed by atoms with Crippen molar-refractivity contribution in [2.75, 3.05) is 7.11 Å². The molecule has 0 aliphatic heterocycles. The molecule has 21 heavy (non-hydrogen) atoms. The van der Waals surface area contributed by atoms with Gasteiger partial charge in [0, 0.05) is 5.56 Å². The SMILES string of the molecule is COC(=O)C(C)(C)C(O[Si](C)(C)C(C)(C)C)c1ccoc1. The highest BCUT2D eigenvalue weighted by molar-refractivity contribution is 6.74. The molecule has 120 valence electrons. The lowest BCUT2D eigenvalue weighted by molar-refractivity contribution is -0.157. The number of carbonyl (C=O) groups excluding carboxylic acids is 1. The highest BCUT2D eigenvalue weighted by Gasteiger charge is 2.47. The van der Waals surface area contributed by atoms with Crippen LogP contribution in [0.4, 0.5) is 0 Å². The summed E-state index contributed by atoms with van der Waals surface area (Å²) in [7, 11) is -0.636. The van der Waals surface area contributed by atoms with Crippen molar-refractivity contribution in [3.63, 3.8) is 0 Å². The zero-order valence-electron chi connectivity index (χ0n) is 14.4. The van der Waals surface area contributed by atoms with Gasteiger partial charge in [0.15, 0.2) is 8.32 Å². The molecule has 1 aromatic heterocycles. The summed E-state index contributed by atoms with van der Waals surface area (Å²) in [5.74, 6) is -0.285. The molecule has 0 aliphatic carbocycles. The molecule has 5 heteroatoms. The minimum atomic E-state index is -2.04. The number of methoxy groups -OCH3 is 1. The van der Waals surface area contributed by atoms with Crippen LogP contribution in [-0.4, -0.2) is 21.4 Å². The lowest BCUT2D eigenvalue weighted by Gasteiger charge is -2.43. The summed E-state index contributed by atoms with van der Waals surface area (Å²) in [4.78, 5) is 12.2. The fourth-order valence-corrected chi connectivity index (χ4v) is 3.27. The molecule has 0 N–H and O–H groups in total. The summed E-state index contributed by atoms with van der Waals surface area (Å²) in [5.41, 5.74) is 0.0870. The van der Waals surface area contributed by atoms with E-state index in [1.54, 1.807) is 12.5 Å². The van der Waals surface area contributed by atoms with Crippen molar-refractivity contribution in [1.29, 1.82) is 0 Å². The van der Waals surface area contributed by atoms with Crippen molar-refractivity contribution < 1.29 is 18.4 Å². The van der Waals surface area contributed by atoms with E-state index in [4.69, 9.17) is 13.6 Å². The summed E-state index contributed by atoms with van der Waals surface area (Å²) in [6.07, 6.45) is 2.86. The first kappa shape index (κ1) is 18.0. The third kappa shape index (κ3) is 3.77. The maximum absolute atomic E-state index is 12.2. The molecular weight excluding hydrogens is 284 g/mol. The lowest BCUT2D eigenvalue weighted by atomic mass is 9.83. The Hall–Kier alpha value is -1.07. The predicted molar refractivity (Wildman–Crippen MR) is 85.5 cm³/mol. The summed E-state index contributed by atoms with van der Waals surface area (Å²) >= 11 is 0. The maximum atomic E-state index is 12.2. The second-order valence-corrected chi connectivity index (χ2v) is 12.3. The standard InChI is InChI=1S/C16H28O4Si/c1-15(2,3)21(7,8)20-13(12-9-10-19-11-12)16(4,5)14(17)18-6/h9-11,13H,1-8H3. The van der Waals surface area contributed by atoms with Gasteiger partial charge in [-0.1, -0.05) is 20.8 Å². The molecule has 1 atom stereocenters. The Bertz CT molecular complexity index is 469. The zero-order valence-corrected chi connectivity index (χ0v) is 15.4. The fourth-order valence-electron chi connectivity index (χ4n) is 1.90. The summed E-state index contributed by atoms with van der Waals surface area (Å²) < 4.78 is 16.7. The van der Waals surface area contributed by atoms with Crippen LogP contribution >= 0.6 is 0 Å². The average Bonchev–Trinajstić information content (AvgIpc) is 2.86. The lowest BCUT2D eigenvalue weighted by Crippen LogP contribution is -2.46. The van der Waals surface area contributed by atoms with Crippen LogP contribution in [0.3, 0.4) is 0 Å². The van der Waals surface area contributed by atoms with Crippen LogP contribution in [-0.2, 0) is 14.0 Å². The van der Waals surface area contributed by atoms with Crippen molar-refractivity contribution in [1.82, 2.24) is 0 Å². The molecule has 1 aromatic rings. The monoisotopic (exact) mass is 312 g/mol. The smallest absolute Gasteiger partial charge is 0.314 e. The van der Waals surface area contributed by atoms with E-state index in [1.165, 1.54) is 7.11 Å². The molecule has 0 amide bonds. The van der Waals surface area contributed by atoms with E-state index in [2.05, 4.69) is 33.9 Å². The van der Waals surface area contributed by atoms with Gasteiger partial charge in [-0.25, -0.2) is 0 Å². The third-order valence-corrected chi connectivity index (χ3v) is 8.87. The van der Waals surface area contributed by atoms with Crippen molar-refractivity contribution in [2.45, 2.75) is 58.9 Å². The Morgan fingerprint density at radius 1 is 1.24 bits per heavy atom. The Kier molecular flexibility index (Phi) is 5.11. The molecule has 0 saturated heterocycles. The highest BCUT2D eigenvalue weighted by atomic mass is 28.4. The molecule has 1 unspecified atom stereocenters. The Balaban J connectivity index is 3.20. The van der Waals surface area contributed by atoms with Gasteiger partial charge in [-0.05, 0) is 38.0 Å². The molecule has 0 spiro atoms. The number of furan rings is 1. The molecule has 1 rings (SSSR count). The van der Waals surface area contributed by atoms with Crippen LogP contribution in [0.1, 0.15) is 46.3 Å². The molecule has 0 aromatic carbocycles. The second kappa shape index (κ2) is 5.97. The number of ether oxygens (including phenoxy) is 1. The van der Waals surface area contributed by atoms with E-state index in [0.29, 0.717) is 0 Å². The molecule has 0 radical (unpaired) electrons. The van der Waals surface area contributed by atoms with E-state index < -0.39 is 13.7 Å². The topological polar surface area (TPSA) is 48.7 Å². The summed E-state index contributed by atoms with van der Waals surface area (Å²) in [5, 5.41) is 0.0567. The van der Waals surface area contributed by atoms with Gasteiger partial charge >= 0.3 is 5.97 Å². The number of esters is 1. The Morgan fingerprint density at radius 3 is 2.19 bits per heavy atom. The molecule has 1 heterocycles. The van der Waals surface area contributed by atoms with Crippen LogP contribution in [0.15, 0.2) is 23.0 Å². The average molecular weight is 312 g/mol. The van der Waals surface area contributed by atoms with Crippen LogP contribution in [0.2, 0.25) is 18.1 Å². The molecule has 0 aliphatic rings. The van der Waals surface area contributed by atoms with Gasteiger partial charge in [0.1, 0.15) is 0 Å². The van der Waals surface area contributed by atoms with E-state index in [9.17, 15) is 4.79 Å². The van der Waals surface area contributed by atoms with Crippen LogP contribution < -0.4 is 0 Å². The van der Waals surface area contributed by atoms with Crippen LogP contribution in [0.5, 0.6) is 0 Å². The first-order valence-corrected chi connectivity index (χ1v) is 10.1. The maximum Gasteiger partial charge on any atom is 0.314 e. The van der Waals surface area contributed by atoms with Crippen LogP contribution in [0, 0.1) is 5.41 Å². The van der Waals surface area contributed by atoms with Crippen molar-refractivity contribution in [2.24, 2.45) is 5.41 Å². The van der Waals surface area contributed by atoms with E-state index >= 15 is 0 Å². The van der Waals surface area contributed by atoms with Crippen molar-refractivity contribution >= 4 is 14.3 Å². The molecular formula is C16H28O4Si. The van der Waals surface area contributed by atoms with Gasteiger partial charge < -0.3 is 13.6 Å². The Morgan fingerprint density at radius 2 is 1.81 bits per heavy atom. The largest absolute Gasteiger partial charge is 0.472 e. The van der Waals surface area contributed by atoms with Gasteiger partial charge in [-0.3, -0.25) is 4.79 Å². The third-order valence-electron chi connectivity index (χ3n) is 4.43. The molecule has 0 bridgehead atoms. The highest BCUT2D eigenvalue weighted by Crippen LogP contribution is 2.45. The molecule has 4 nitrogen and oxygen atoms in total. The number of hydrogen-bond acceptors (Lipinski definition) is 4. The number of carbonyl (C=O) groups is 1.